The van der Waals surface area contributed by atoms with E-state index >= 15 is 4.79 Å². The van der Waals surface area contributed by atoms with Gasteiger partial charge in [0.05, 0.1) is 62.7 Å². The number of hydrogen-bond donors (Lipinski definition) is 4. The molecule has 4 N–H and O–H groups in total. The van der Waals surface area contributed by atoms with Crippen molar-refractivity contribution in [2.75, 3.05) is 60.5 Å². The number of aliphatic hydroxyl groups is 2. The van der Waals surface area contributed by atoms with Crippen LogP contribution in [0.1, 0.15) is 63.4 Å². The Morgan fingerprint density at radius 3 is 1.98 bits per heavy atom. The molecule has 7 rings (SSSR count). The number of anilines is 4. The van der Waals surface area contributed by atoms with E-state index in [0.717, 1.165) is 24.8 Å². The second kappa shape index (κ2) is 19.5. The zero-order valence-corrected chi connectivity index (χ0v) is 34.6. The average Bonchev–Trinajstić information content (AvgIpc) is 3.97. The molecule has 2 saturated heterocycles. The van der Waals surface area contributed by atoms with Crippen LogP contribution < -0.4 is 34.8 Å². The Hall–Kier alpha value is -5.88. The fourth-order valence-corrected chi connectivity index (χ4v) is 7.87. The summed E-state index contributed by atoms with van der Waals surface area (Å²) < 4.78 is 10.7. The SMILES string of the molecule is COc1ccc(CNc2nc(N3CCC[C@@H]3CO)ncc2C(=O)N(Cc2ccc(OC)c(Cl)c2)c2nc(N3CCC[C@H]3CO)ncc2C(=O)NCc2ncccn2)cc1Cl. The molecule has 2 aliphatic rings. The molecule has 314 valence electrons. The highest BCUT2D eigenvalue weighted by Crippen LogP contribution is 2.33. The van der Waals surface area contributed by atoms with Gasteiger partial charge in [-0.2, -0.15) is 9.97 Å². The molecule has 3 aromatic heterocycles. The lowest BCUT2D eigenvalue weighted by Gasteiger charge is -2.28. The Balaban J connectivity index is 1.35. The minimum Gasteiger partial charge on any atom is -0.495 e. The van der Waals surface area contributed by atoms with Gasteiger partial charge in [-0.05, 0) is 67.1 Å². The third kappa shape index (κ3) is 9.44. The molecule has 5 aromatic rings. The number of carbonyl (C=O) groups is 2. The lowest BCUT2D eigenvalue weighted by atomic mass is 10.1. The lowest BCUT2D eigenvalue weighted by molar-refractivity contribution is 0.0949. The minimum absolute atomic E-state index is 0.00824. The molecule has 5 heterocycles. The van der Waals surface area contributed by atoms with Gasteiger partial charge >= 0.3 is 0 Å². The summed E-state index contributed by atoms with van der Waals surface area (Å²) in [5.74, 6) is 0.897. The van der Waals surface area contributed by atoms with Gasteiger partial charge in [-0.1, -0.05) is 35.3 Å². The Labute approximate surface area is 356 Å². The number of nitrogens with one attached hydrogen (secondary N) is 2. The summed E-state index contributed by atoms with van der Waals surface area (Å²) in [6, 6.07) is 11.7. The summed E-state index contributed by atoms with van der Waals surface area (Å²) in [5.41, 5.74) is 1.43. The molecule has 60 heavy (non-hydrogen) atoms. The van der Waals surface area contributed by atoms with E-state index in [0.29, 0.717) is 58.4 Å². The van der Waals surface area contributed by atoms with E-state index in [1.165, 1.54) is 31.5 Å². The van der Waals surface area contributed by atoms with Gasteiger partial charge < -0.3 is 40.1 Å². The first-order valence-corrected chi connectivity index (χ1v) is 20.2. The van der Waals surface area contributed by atoms with E-state index in [9.17, 15) is 15.0 Å². The third-order valence-electron chi connectivity index (χ3n) is 10.5. The van der Waals surface area contributed by atoms with Crippen molar-refractivity contribution in [3.63, 3.8) is 0 Å². The van der Waals surface area contributed by atoms with Crippen LogP contribution in [0, 0.1) is 0 Å². The van der Waals surface area contributed by atoms with Gasteiger partial charge in [-0.3, -0.25) is 14.5 Å². The number of hydrogen-bond acceptors (Lipinski definition) is 15. The van der Waals surface area contributed by atoms with Gasteiger partial charge in [0.2, 0.25) is 11.9 Å². The van der Waals surface area contributed by atoms with Gasteiger partial charge in [0.1, 0.15) is 34.3 Å². The average molecular weight is 859 g/mol. The molecular formula is C41H45Cl2N11O6. The highest BCUT2D eigenvalue weighted by Gasteiger charge is 2.33. The molecule has 0 radical (unpaired) electrons. The zero-order chi connectivity index (χ0) is 42.2. The first-order valence-electron chi connectivity index (χ1n) is 19.4. The predicted octanol–water partition coefficient (Wildman–Crippen LogP) is 4.69. The highest BCUT2D eigenvalue weighted by atomic mass is 35.5. The molecule has 2 aromatic carbocycles. The number of halogens is 2. The lowest BCUT2D eigenvalue weighted by Crippen LogP contribution is -2.38. The standard InChI is InChI=1S/C41H45Cl2N11O6/c1-59-33-10-8-25(16-31(33)42)18-46-36-29(19-48-40(50-36)52-14-3-6-27(52)23-55)39(58)54(22-26-9-11-34(60-2)32(43)17-26)37-30(38(57)47-21-35-44-12-5-13-45-35)20-49-41(51-37)53-15-4-7-28(53)24-56/h5,8-13,16-17,19-20,27-28,55-56H,3-4,6-7,14-15,18,21-24H2,1-2H3,(H,47,57)(H,46,48,50)/t27-,28+/m1/s1. The van der Waals surface area contributed by atoms with Crippen LogP contribution >= 0.6 is 23.2 Å². The Morgan fingerprint density at radius 1 is 0.800 bits per heavy atom. The molecule has 0 spiro atoms. The summed E-state index contributed by atoms with van der Waals surface area (Å²) >= 11 is 13.1. The number of aliphatic hydroxyl groups excluding tert-OH is 2. The number of rotatable bonds is 16. The number of aromatic nitrogens is 6. The van der Waals surface area contributed by atoms with E-state index in [1.54, 1.807) is 48.8 Å². The van der Waals surface area contributed by atoms with Crippen molar-refractivity contribution in [1.82, 2.24) is 35.2 Å². The number of benzene rings is 2. The van der Waals surface area contributed by atoms with Crippen LogP contribution in [0.3, 0.4) is 0 Å². The predicted molar refractivity (Wildman–Crippen MR) is 226 cm³/mol. The topological polar surface area (TPSA) is 204 Å². The van der Waals surface area contributed by atoms with E-state index in [-0.39, 0.29) is 73.6 Å². The molecule has 0 bridgehead atoms. The van der Waals surface area contributed by atoms with E-state index in [2.05, 4.69) is 30.6 Å². The Kier molecular flexibility index (Phi) is 13.7. The molecule has 17 nitrogen and oxygen atoms in total. The second-order valence-corrected chi connectivity index (χ2v) is 15.0. The van der Waals surface area contributed by atoms with E-state index < -0.39 is 11.8 Å². The van der Waals surface area contributed by atoms with E-state index in [4.69, 9.17) is 42.6 Å². The highest BCUT2D eigenvalue weighted by molar-refractivity contribution is 6.32. The normalized spacial score (nSPS) is 16.2. The molecule has 0 aliphatic carbocycles. The molecule has 19 heteroatoms. The van der Waals surface area contributed by atoms with E-state index in [1.807, 2.05) is 15.9 Å². The van der Waals surface area contributed by atoms with Crippen molar-refractivity contribution in [2.24, 2.45) is 0 Å². The summed E-state index contributed by atoms with van der Waals surface area (Å²) in [6.07, 6.45) is 9.07. The van der Waals surface area contributed by atoms with Gasteiger partial charge in [-0.25, -0.2) is 19.9 Å². The molecule has 2 amide bonds. The maximum Gasteiger partial charge on any atom is 0.265 e. The first kappa shape index (κ1) is 42.3. The van der Waals surface area contributed by atoms with Gasteiger partial charge in [0, 0.05) is 44.4 Å². The Bertz CT molecular complexity index is 2310. The smallest absolute Gasteiger partial charge is 0.265 e. The monoisotopic (exact) mass is 857 g/mol. The summed E-state index contributed by atoms with van der Waals surface area (Å²) in [4.78, 5) is 62.1. The number of methoxy groups -OCH3 is 2. The van der Waals surface area contributed by atoms with Crippen LogP contribution in [-0.2, 0) is 19.6 Å². The maximum absolute atomic E-state index is 15.4. The first-order chi connectivity index (χ1) is 29.2. The molecule has 0 saturated carbocycles. The summed E-state index contributed by atoms with van der Waals surface area (Å²) in [6.45, 7) is 1.07. The van der Waals surface area contributed by atoms with Crippen LogP contribution in [0.15, 0.2) is 67.3 Å². The van der Waals surface area contributed by atoms with Gasteiger partial charge in [0.25, 0.3) is 11.8 Å². The number of carbonyl (C=O) groups excluding carboxylic acids is 2. The number of ether oxygens (including phenoxy) is 2. The van der Waals surface area contributed by atoms with Crippen molar-refractivity contribution < 1.29 is 29.3 Å². The van der Waals surface area contributed by atoms with Crippen molar-refractivity contribution in [3.8, 4) is 11.5 Å². The van der Waals surface area contributed by atoms with Gasteiger partial charge in [0.15, 0.2) is 5.82 Å². The van der Waals surface area contributed by atoms with Crippen molar-refractivity contribution in [3.05, 3.63) is 105 Å². The van der Waals surface area contributed by atoms with Crippen LogP contribution in [0.4, 0.5) is 23.5 Å². The minimum atomic E-state index is -0.603. The molecule has 2 fully saturated rings. The van der Waals surface area contributed by atoms with Crippen molar-refractivity contribution >= 4 is 58.5 Å². The molecule has 0 unspecified atom stereocenters. The quantitative estimate of drug-likeness (QED) is 0.106. The van der Waals surface area contributed by atoms with Crippen LogP contribution in [0.2, 0.25) is 10.0 Å². The van der Waals surface area contributed by atoms with Crippen LogP contribution in [-0.4, -0.2) is 105 Å². The van der Waals surface area contributed by atoms with Crippen LogP contribution in [0.5, 0.6) is 11.5 Å². The van der Waals surface area contributed by atoms with Crippen molar-refractivity contribution in [2.45, 2.75) is 57.4 Å². The van der Waals surface area contributed by atoms with Crippen LogP contribution in [0.25, 0.3) is 0 Å². The molecular weight excluding hydrogens is 813 g/mol. The molecule has 2 aliphatic heterocycles. The zero-order valence-electron chi connectivity index (χ0n) is 33.1. The molecule has 2 atom stereocenters. The maximum atomic E-state index is 15.4. The number of amides is 2. The largest absolute Gasteiger partial charge is 0.495 e. The third-order valence-corrected chi connectivity index (χ3v) is 11.0. The fraction of sp³-hybridized carbons (Fsp3) is 0.366. The fourth-order valence-electron chi connectivity index (χ4n) is 7.31. The van der Waals surface area contributed by atoms with Gasteiger partial charge in [-0.15, -0.1) is 0 Å². The summed E-state index contributed by atoms with van der Waals surface area (Å²) in [7, 11) is 3.04. The second-order valence-electron chi connectivity index (χ2n) is 14.2. The summed E-state index contributed by atoms with van der Waals surface area (Å²) in [5, 5.41) is 27.3. The van der Waals surface area contributed by atoms with Crippen molar-refractivity contribution in [1.29, 1.82) is 0 Å². The number of nitrogens with zero attached hydrogens (tertiary/aromatic N) is 9. The Morgan fingerprint density at radius 2 is 1.38 bits per heavy atom.